The molecule has 0 aliphatic carbocycles. The second-order valence-corrected chi connectivity index (χ2v) is 7.26. The summed E-state index contributed by atoms with van der Waals surface area (Å²) in [5.74, 6) is -0.294. The van der Waals surface area contributed by atoms with E-state index in [2.05, 4.69) is 39.4 Å². The van der Waals surface area contributed by atoms with Crippen LogP contribution in [0.5, 0.6) is 0 Å². The number of carbonyl (C=O) groups is 1. The summed E-state index contributed by atoms with van der Waals surface area (Å²) in [7, 11) is 4.01. The van der Waals surface area contributed by atoms with Gasteiger partial charge in [-0.2, -0.15) is 0 Å². The molecule has 0 radical (unpaired) electrons. The van der Waals surface area contributed by atoms with Gasteiger partial charge in [-0.05, 0) is 49.7 Å². The molecule has 1 atom stereocenters. The van der Waals surface area contributed by atoms with Crippen molar-refractivity contribution in [1.29, 1.82) is 0 Å². The van der Waals surface area contributed by atoms with Gasteiger partial charge in [0.2, 0.25) is 0 Å². The van der Waals surface area contributed by atoms with Gasteiger partial charge in [0, 0.05) is 44.0 Å². The van der Waals surface area contributed by atoms with Crippen LogP contribution in [0.3, 0.4) is 0 Å². The molecule has 1 heterocycles. The van der Waals surface area contributed by atoms with Crippen LogP contribution >= 0.6 is 0 Å². The molecular weight excluding hydrogens is 356 g/mol. The monoisotopic (exact) mass is 382 g/mol. The highest BCUT2D eigenvalue weighted by Gasteiger charge is 2.24. The third kappa shape index (κ3) is 4.67. The summed E-state index contributed by atoms with van der Waals surface area (Å²) < 4.78 is 0. The molecule has 2 aromatic carbocycles. The first-order chi connectivity index (χ1) is 13.5. The van der Waals surface area contributed by atoms with Crippen molar-refractivity contribution < 1.29 is 9.72 Å². The molecule has 7 heteroatoms. The van der Waals surface area contributed by atoms with Crippen molar-refractivity contribution in [3.05, 3.63) is 69.8 Å². The maximum atomic E-state index is 12.6. The van der Waals surface area contributed by atoms with Crippen molar-refractivity contribution in [2.24, 2.45) is 0 Å². The van der Waals surface area contributed by atoms with E-state index in [0.29, 0.717) is 12.1 Å². The number of nitrogens with one attached hydrogen (secondary N) is 1. The number of nitrogens with zero attached hydrogens (tertiary/aromatic N) is 3. The summed E-state index contributed by atoms with van der Waals surface area (Å²) in [5, 5.41) is 13.9. The lowest BCUT2D eigenvalue weighted by molar-refractivity contribution is -0.384. The summed E-state index contributed by atoms with van der Waals surface area (Å²) in [5.41, 5.74) is 2.51. The van der Waals surface area contributed by atoms with Gasteiger partial charge in [0.15, 0.2) is 0 Å². The van der Waals surface area contributed by atoms with Gasteiger partial charge in [-0.15, -0.1) is 0 Å². The van der Waals surface area contributed by atoms with Crippen LogP contribution in [0.2, 0.25) is 0 Å². The van der Waals surface area contributed by atoms with Crippen LogP contribution in [0.1, 0.15) is 34.8 Å². The van der Waals surface area contributed by atoms with E-state index in [1.807, 2.05) is 14.1 Å². The zero-order chi connectivity index (χ0) is 20.1. The standard InChI is InChI=1S/C21H26N4O3/c1-23(2)18-10-8-16(9-11-18)20(24-12-3-4-13-24)15-22-21(26)17-6-5-7-19(14-17)25(27)28/h5-11,14,20H,3-4,12-13,15H2,1-2H3,(H,22,26)/t20-/m0/s1. The number of non-ortho nitro benzene ring substituents is 1. The molecule has 1 N–H and O–H groups in total. The number of rotatable bonds is 7. The third-order valence-corrected chi connectivity index (χ3v) is 5.15. The quantitative estimate of drug-likeness (QED) is 0.588. The Bertz CT molecular complexity index is 830. The maximum Gasteiger partial charge on any atom is 0.270 e. The van der Waals surface area contributed by atoms with Crippen molar-refractivity contribution in [2.45, 2.75) is 18.9 Å². The van der Waals surface area contributed by atoms with Gasteiger partial charge in [-0.25, -0.2) is 0 Å². The van der Waals surface area contributed by atoms with Crippen LogP contribution in [0.4, 0.5) is 11.4 Å². The molecule has 7 nitrogen and oxygen atoms in total. The highest BCUT2D eigenvalue weighted by atomic mass is 16.6. The summed E-state index contributed by atoms with van der Waals surface area (Å²) in [6.07, 6.45) is 2.32. The van der Waals surface area contributed by atoms with Crippen molar-refractivity contribution in [1.82, 2.24) is 10.2 Å². The van der Waals surface area contributed by atoms with E-state index in [0.717, 1.165) is 37.2 Å². The van der Waals surface area contributed by atoms with Crippen LogP contribution in [-0.2, 0) is 0 Å². The minimum absolute atomic E-state index is 0.0805. The minimum Gasteiger partial charge on any atom is -0.378 e. The second kappa shape index (κ2) is 8.84. The average Bonchev–Trinajstić information content (AvgIpc) is 3.23. The molecule has 0 aromatic heterocycles. The number of nitro benzene ring substituents is 1. The highest BCUT2D eigenvalue weighted by Crippen LogP contribution is 2.26. The second-order valence-electron chi connectivity index (χ2n) is 7.26. The van der Waals surface area contributed by atoms with Gasteiger partial charge in [0.05, 0.1) is 11.0 Å². The van der Waals surface area contributed by atoms with E-state index in [-0.39, 0.29) is 17.6 Å². The van der Waals surface area contributed by atoms with Crippen LogP contribution in [0.15, 0.2) is 48.5 Å². The number of benzene rings is 2. The van der Waals surface area contributed by atoms with E-state index in [9.17, 15) is 14.9 Å². The fourth-order valence-corrected chi connectivity index (χ4v) is 3.56. The molecule has 1 aliphatic heterocycles. The van der Waals surface area contributed by atoms with Crippen molar-refractivity contribution in [3.63, 3.8) is 0 Å². The van der Waals surface area contributed by atoms with E-state index in [1.165, 1.54) is 18.2 Å². The van der Waals surface area contributed by atoms with Gasteiger partial charge >= 0.3 is 0 Å². The Morgan fingerprint density at radius 1 is 1.18 bits per heavy atom. The number of carbonyl (C=O) groups excluding carboxylic acids is 1. The lowest BCUT2D eigenvalue weighted by atomic mass is 10.0. The average molecular weight is 382 g/mol. The number of amides is 1. The molecule has 0 spiro atoms. The fourth-order valence-electron chi connectivity index (χ4n) is 3.56. The molecule has 1 aliphatic rings. The fraction of sp³-hybridized carbons (Fsp3) is 0.381. The molecule has 1 saturated heterocycles. The molecule has 28 heavy (non-hydrogen) atoms. The van der Waals surface area contributed by atoms with Crippen LogP contribution in [0, 0.1) is 10.1 Å². The first kappa shape index (κ1) is 19.8. The molecule has 3 rings (SSSR count). The lowest BCUT2D eigenvalue weighted by Gasteiger charge is -2.28. The van der Waals surface area contributed by atoms with E-state index < -0.39 is 4.92 Å². The SMILES string of the molecule is CN(C)c1ccc([C@H](CNC(=O)c2cccc([N+](=O)[O-])c2)N2CCCC2)cc1. The zero-order valence-corrected chi connectivity index (χ0v) is 16.3. The molecule has 148 valence electrons. The van der Waals surface area contributed by atoms with Gasteiger partial charge in [0.25, 0.3) is 11.6 Å². The van der Waals surface area contributed by atoms with Crippen LogP contribution in [-0.4, -0.2) is 49.5 Å². The molecule has 1 fully saturated rings. The zero-order valence-electron chi connectivity index (χ0n) is 16.3. The summed E-state index contributed by atoms with van der Waals surface area (Å²) >= 11 is 0. The Morgan fingerprint density at radius 2 is 1.86 bits per heavy atom. The summed E-state index contributed by atoms with van der Waals surface area (Å²) in [4.78, 5) is 27.4. The van der Waals surface area contributed by atoms with Crippen molar-refractivity contribution in [2.75, 3.05) is 38.6 Å². The first-order valence-electron chi connectivity index (χ1n) is 9.49. The molecule has 0 saturated carbocycles. The number of nitro groups is 1. The van der Waals surface area contributed by atoms with Crippen LogP contribution in [0.25, 0.3) is 0 Å². The Labute approximate surface area is 165 Å². The van der Waals surface area contributed by atoms with E-state index >= 15 is 0 Å². The number of hydrogen-bond acceptors (Lipinski definition) is 5. The predicted molar refractivity (Wildman–Crippen MR) is 110 cm³/mol. The Morgan fingerprint density at radius 3 is 2.46 bits per heavy atom. The van der Waals surface area contributed by atoms with E-state index in [4.69, 9.17) is 0 Å². The Kier molecular flexibility index (Phi) is 6.26. The normalized spacial score (nSPS) is 15.2. The molecule has 0 bridgehead atoms. The molecular formula is C21H26N4O3. The van der Waals surface area contributed by atoms with Gasteiger partial charge in [0.1, 0.15) is 0 Å². The highest BCUT2D eigenvalue weighted by molar-refractivity contribution is 5.94. The largest absolute Gasteiger partial charge is 0.378 e. The third-order valence-electron chi connectivity index (χ3n) is 5.15. The van der Waals surface area contributed by atoms with Gasteiger partial charge in [-0.3, -0.25) is 19.8 Å². The topological polar surface area (TPSA) is 78.7 Å². The van der Waals surface area contributed by atoms with E-state index in [1.54, 1.807) is 6.07 Å². The Balaban J connectivity index is 1.74. The van der Waals surface area contributed by atoms with Gasteiger partial charge in [-0.1, -0.05) is 18.2 Å². The van der Waals surface area contributed by atoms with Crippen molar-refractivity contribution in [3.8, 4) is 0 Å². The number of likely N-dealkylation sites (tertiary alicyclic amines) is 1. The first-order valence-corrected chi connectivity index (χ1v) is 9.49. The molecule has 0 unspecified atom stereocenters. The molecule has 1 amide bonds. The predicted octanol–water partition coefficient (Wildman–Crippen LogP) is 3.23. The number of anilines is 1. The van der Waals surface area contributed by atoms with Crippen LogP contribution < -0.4 is 10.2 Å². The van der Waals surface area contributed by atoms with Crippen molar-refractivity contribution >= 4 is 17.3 Å². The molecule has 2 aromatic rings. The van der Waals surface area contributed by atoms with Gasteiger partial charge < -0.3 is 10.2 Å². The lowest BCUT2D eigenvalue weighted by Crippen LogP contribution is -2.36. The summed E-state index contributed by atoms with van der Waals surface area (Å²) in [6, 6.07) is 14.3. The Hall–Kier alpha value is -2.93. The smallest absolute Gasteiger partial charge is 0.270 e. The maximum absolute atomic E-state index is 12.6. The summed E-state index contributed by atoms with van der Waals surface area (Å²) in [6.45, 7) is 2.47. The number of hydrogen-bond donors (Lipinski definition) is 1. The minimum atomic E-state index is -0.490.